The lowest BCUT2D eigenvalue weighted by molar-refractivity contribution is -0.180. The summed E-state index contributed by atoms with van der Waals surface area (Å²) in [5.74, 6) is -2.06. The van der Waals surface area contributed by atoms with Crippen LogP contribution < -0.4 is 10.1 Å². The van der Waals surface area contributed by atoms with E-state index in [0.717, 1.165) is 5.56 Å². The monoisotopic (exact) mass is 436 g/mol. The van der Waals surface area contributed by atoms with Crippen LogP contribution >= 0.6 is 0 Å². The molecule has 1 aliphatic rings. The van der Waals surface area contributed by atoms with Crippen LogP contribution in [0.5, 0.6) is 5.75 Å². The summed E-state index contributed by atoms with van der Waals surface area (Å²) in [6.07, 6.45) is -2.35. The van der Waals surface area contributed by atoms with Gasteiger partial charge in [-0.05, 0) is 69.6 Å². The lowest BCUT2D eigenvalue weighted by Crippen LogP contribution is -2.38. The van der Waals surface area contributed by atoms with Crippen LogP contribution in [0, 0.1) is 11.7 Å². The van der Waals surface area contributed by atoms with Crippen molar-refractivity contribution in [1.29, 1.82) is 0 Å². The number of nitrogens with one attached hydrogen (secondary N) is 1. The van der Waals surface area contributed by atoms with E-state index in [9.17, 15) is 17.6 Å². The standard InChI is InChI=1S/C24H28F4N2O/c1-23(20-14-17(25)10-11-22(20)31-3)15-30-21-9-5-4-8-18(21)19(23)13-16(24(26,27)28)7-6-12-29-2/h4-5,8-11,14-16,19,29H,6-7,12-13H2,1-3H3. The van der Waals surface area contributed by atoms with Crippen molar-refractivity contribution in [3.05, 3.63) is 59.4 Å². The van der Waals surface area contributed by atoms with E-state index in [1.54, 1.807) is 25.4 Å². The number of rotatable bonds is 8. The van der Waals surface area contributed by atoms with Crippen LogP contribution in [0.2, 0.25) is 0 Å². The van der Waals surface area contributed by atoms with Crippen molar-refractivity contribution in [3.63, 3.8) is 0 Å². The molecule has 3 unspecified atom stereocenters. The highest BCUT2D eigenvalue weighted by atomic mass is 19.4. The van der Waals surface area contributed by atoms with E-state index >= 15 is 0 Å². The number of aliphatic imine (C=N–C) groups is 1. The van der Waals surface area contributed by atoms with Gasteiger partial charge in [0.25, 0.3) is 0 Å². The number of ether oxygens (including phenoxy) is 1. The summed E-state index contributed by atoms with van der Waals surface area (Å²) in [5, 5.41) is 2.91. The smallest absolute Gasteiger partial charge is 0.391 e. The largest absolute Gasteiger partial charge is 0.496 e. The third kappa shape index (κ3) is 4.92. The first-order valence-electron chi connectivity index (χ1n) is 10.4. The van der Waals surface area contributed by atoms with Gasteiger partial charge in [-0.1, -0.05) is 18.2 Å². The first-order chi connectivity index (χ1) is 14.7. The van der Waals surface area contributed by atoms with Gasteiger partial charge in [-0.25, -0.2) is 4.39 Å². The van der Waals surface area contributed by atoms with Gasteiger partial charge in [0.05, 0.1) is 18.7 Å². The molecule has 0 saturated carbocycles. The molecule has 0 radical (unpaired) electrons. The topological polar surface area (TPSA) is 33.6 Å². The molecule has 0 aromatic heterocycles. The maximum Gasteiger partial charge on any atom is 0.391 e. The van der Waals surface area contributed by atoms with Crippen molar-refractivity contribution in [2.45, 2.75) is 43.7 Å². The molecule has 168 valence electrons. The Morgan fingerprint density at radius 1 is 1.19 bits per heavy atom. The molecule has 0 spiro atoms. The Bertz CT molecular complexity index is 928. The van der Waals surface area contributed by atoms with Gasteiger partial charge < -0.3 is 10.1 Å². The van der Waals surface area contributed by atoms with Gasteiger partial charge in [0.2, 0.25) is 0 Å². The zero-order chi connectivity index (χ0) is 22.6. The third-order valence-electron chi connectivity index (χ3n) is 6.21. The number of methoxy groups -OCH3 is 1. The lowest BCUT2D eigenvalue weighted by atomic mass is 9.64. The molecule has 0 amide bonds. The fourth-order valence-electron chi connectivity index (χ4n) is 4.47. The average molecular weight is 436 g/mol. The molecule has 1 N–H and O–H groups in total. The molecule has 3 atom stereocenters. The number of hydrogen-bond acceptors (Lipinski definition) is 3. The van der Waals surface area contributed by atoms with E-state index < -0.39 is 29.2 Å². The van der Waals surface area contributed by atoms with E-state index in [0.29, 0.717) is 30.0 Å². The second-order valence-electron chi connectivity index (χ2n) is 8.22. The minimum atomic E-state index is -4.33. The first kappa shape index (κ1) is 23.3. The highest BCUT2D eigenvalue weighted by Gasteiger charge is 2.47. The molecular formula is C24H28F4N2O. The predicted octanol–water partition coefficient (Wildman–Crippen LogP) is 6.16. The Labute approximate surface area is 180 Å². The van der Waals surface area contributed by atoms with Crippen LogP contribution in [0.25, 0.3) is 0 Å². The Balaban J connectivity index is 2.10. The molecule has 7 heteroatoms. The van der Waals surface area contributed by atoms with Crippen molar-refractivity contribution in [1.82, 2.24) is 5.32 Å². The molecular weight excluding hydrogens is 408 g/mol. The highest BCUT2D eigenvalue weighted by Crippen LogP contribution is 2.52. The summed E-state index contributed by atoms with van der Waals surface area (Å²) in [5.41, 5.74) is 0.918. The second kappa shape index (κ2) is 9.39. The van der Waals surface area contributed by atoms with Crippen LogP contribution in [-0.4, -0.2) is 33.1 Å². The van der Waals surface area contributed by atoms with E-state index in [1.807, 2.05) is 19.1 Å². The van der Waals surface area contributed by atoms with E-state index in [-0.39, 0.29) is 12.8 Å². The van der Waals surface area contributed by atoms with Gasteiger partial charge >= 0.3 is 6.18 Å². The molecule has 3 rings (SSSR count). The zero-order valence-corrected chi connectivity index (χ0v) is 18.0. The van der Waals surface area contributed by atoms with Gasteiger partial charge in [0.15, 0.2) is 0 Å². The van der Waals surface area contributed by atoms with E-state index in [1.165, 1.54) is 25.3 Å². The van der Waals surface area contributed by atoms with Crippen molar-refractivity contribution in [2.24, 2.45) is 10.9 Å². The summed E-state index contributed by atoms with van der Waals surface area (Å²) >= 11 is 0. The second-order valence-corrected chi connectivity index (χ2v) is 8.22. The third-order valence-corrected chi connectivity index (χ3v) is 6.21. The van der Waals surface area contributed by atoms with E-state index in [2.05, 4.69) is 10.3 Å². The minimum absolute atomic E-state index is 0.0243. The maximum absolute atomic E-state index is 14.2. The van der Waals surface area contributed by atoms with E-state index in [4.69, 9.17) is 4.74 Å². The number of hydrogen-bond donors (Lipinski definition) is 1. The quantitative estimate of drug-likeness (QED) is 0.397. The fourth-order valence-corrected chi connectivity index (χ4v) is 4.47. The van der Waals surface area contributed by atoms with Gasteiger partial charge in [0.1, 0.15) is 11.6 Å². The molecule has 31 heavy (non-hydrogen) atoms. The van der Waals surface area contributed by atoms with Crippen molar-refractivity contribution in [2.75, 3.05) is 20.7 Å². The number of fused-ring (bicyclic) bond motifs is 1. The molecule has 2 aromatic rings. The Hall–Kier alpha value is -2.41. The number of para-hydroxylation sites is 1. The zero-order valence-electron chi connectivity index (χ0n) is 18.0. The number of halogens is 4. The van der Waals surface area contributed by atoms with Crippen LogP contribution in [0.1, 0.15) is 43.2 Å². The molecule has 0 aliphatic carbocycles. The van der Waals surface area contributed by atoms with Crippen LogP contribution in [0.3, 0.4) is 0 Å². The highest BCUT2D eigenvalue weighted by molar-refractivity contribution is 5.83. The van der Waals surface area contributed by atoms with Gasteiger partial charge in [0, 0.05) is 23.1 Å². The van der Waals surface area contributed by atoms with Crippen LogP contribution in [0.15, 0.2) is 47.5 Å². The Morgan fingerprint density at radius 3 is 2.61 bits per heavy atom. The van der Waals surface area contributed by atoms with Gasteiger partial charge in [-0.15, -0.1) is 0 Å². The summed E-state index contributed by atoms with van der Waals surface area (Å²) in [4.78, 5) is 4.53. The molecule has 1 aliphatic heterocycles. The SMILES string of the molecule is CNCCCC(CC1c2ccccc2N=CC1(C)c1cc(F)ccc1OC)C(F)(F)F. The molecule has 0 bridgehead atoms. The molecule has 1 heterocycles. The average Bonchev–Trinajstić information content (AvgIpc) is 2.74. The molecule has 2 aromatic carbocycles. The fraction of sp³-hybridized carbons (Fsp3) is 0.458. The number of benzene rings is 2. The van der Waals surface area contributed by atoms with Crippen LogP contribution in [0.4, 0.5) is 23.2 Å². The summed E-state index contributed by atoms with van der Waals surface area (Å²) in [7, 11) is 3.20. The lowest BCUT2D eigenvalue weighted by Gasteiger charge is -2.41. The predicted molar refractivity (Wildman–Crippen MR) is 115 cm³/mol. The Kier molecular flexibility index (Phi) is 7.04. The Morgan fingerprint density at radius 2 is 1.94 bits per heavy atom. The summed E-state index contributed by atoms with van der Waals surface area (Å²) in [6, 6.07) is 11.4. The minimum Gasteiger partial charge on any atom is -0.496 e. The van der Waals surface area contributed by atoms with Crippen molar-refractivity contribution >= 4 is 11.9 Å². The van der Waals surface area contributed by atoms with Crippen molar-refractivity contribution in [3.8, 4) is 5.75 Å². The van der Waals surface area contributed by atoms with Gasteiger partial charge in [-0.3, -0.25) is 4.99 Å². The van der Waals surface area contributed by atoms with Crippen LogP contribution in [-0.2, 0) is 5.41 Å². The first-order valence-corrected chi connectivity index (χ1v) is 10.4. The van der Waals surface area contributed by atoms with Gasteiger partial charge in [-0.2, -0.15) is 13.2 Å². The molecule has 3 nitrogen and oxygen atoms in total. The maximum atomic E-state index is 14.2. The van der Waals surface area contributed by atoms with Crippen molar-refractivity contribution < 1.29 is 22.3 Å². The number of nitrogens with zero attached hydrogens (tertiary/aromatic N) is 1. The normalized spacial score (nSPS) is 21.6. The molecule has 0 saturated heterocycles. The summed E-state index contributed by atoms with van der Waals surface area (Å²) in [6.45, 7) is 2.33. The summed E-state index contributed by atoms with van der Waals surface area (Å²) < 4.78 is 61.7. The molecule has 0 fully saturated rings. The number of alkyl halides is 3.